The van der Waals surface area contributed by atoms with Crippen molar-refractivity contribution in [3.63, 3.8) is 0 Å². The van der Waals surface area contributed by atoms with Crippen LogP contribution in [-0.2, 0) is 9.59 Å². The molecule has 2 aromatic rings. The molecule has 0 aliphatic carbocycles. The molecule has 25 heavy (non-hydrogen) atoms. The first-order valence-corrected chi connectivity index (χ1v) is 9.33. The van der Waals surface area contributed by atoms with E-state index >= 15 is 0 Å². The normalized spacial score (nSPS) is 15.5. The van der Waals surface area contributed by atoms with Crippen LogP contribution in [0.1, 0.15) is 22.6 Å². The Balaban J connectivity index is 1.48. The van der Waals surface area contributed by atoms with Crippen molar-refractivity contribution in [1.82, 2.24) is 4.90 Å². The second-order valence-electron chi connectivity index (χ2n) is 6.24. The van der Waals surface area contributed by atoms with Crippen molar-refractivity contribution in [2.75, 3.05) is 18.4 Å². The van der Waals surface area contributed by atoms with E-state index in [9.17, 15) is 9.59 Å². The molecular formula is C20H22N2O2S. The zero-order valence-electron chi connectivity index (χ0n) is 14.3. The van der Waals surface area contributed by atoms with Gasteiger partial charge in [-0.25, -0.2) is 0 Å². The Labute approximate surface area is 152 Å². The predicted molar refractivity (Wildman–Crippen MR) is 102 cm³/mol. The van der Waals surface area contributed by atoms with Crippen LogP contribution in [0.5, 0.6) is 0 Å². The summed E-state index contributed by atoms with van der Waals surface area (Å²) in [4.78, 5) is 28.8. The molecule has 1 aliphatic rings. The number of hydrogen-bond acceptors (Lipinski definition) is 3. The fourth-order valence-corrected chi connectivity index (χ4v) is 3.71. The van der Waals surface area contributed by atoms with Gasteiger partial charge in [0.05, 0.1) is 0 Å². The molecule has 0 bridgehead atoms. The average Bonchev–Trinajstić information content (AvgIpc) is 3.06. The third-order valence-electron chi connectivity index (χ3n) is 4.37. The van der Waals surface area contributed by atoms with Crippen molar-refractivity contribution in [3.05, 3.63) is 58.3 Å². The fraction of sp³-hybridized carbons (Fsp3) is 0.300. The molecule has 0 unspecified atom stereocenters. The van der Waals surface area contributed by atoms with Gasteiger partial charge in [0.25, 0.3) is 0 Å². The Morgan fingerprint density at radius 3 is 2.48 bits per heavy atom. The second kappa shape index (κ2) is 8.12. The minimum atomic E-state index is -0.0341. The highest BCUT2D eigenvalue weighted by Gasteiger charge is 2.26. The Morgan fingerprint density at radius 1 is 1.12 bits per heavy atom. The minimum absolute atomic E-state index is 0.0213. The van der Waals surface area contributed by atoms with Gasteiger partial charge in [0.2, 0.25) is 11.8 Å². The molecule has 0 atom stereocenters. The first-order chi connectivity index (χ1) is 12.1. The number of rotatable bonds is 4. The van der Waals surface area contributed by atoms with Crippen molar-refractivity contribution in [2.24, 2.45) is 5.92 Å². The summed E-state index contributed by atoms with van der Waals surface area (Å²) in [5, 5.41) is 2.95. The molecule has 1 saturated heterocycles. The first kappa shape index (κ1) is 17.4. The summed E-state index contributed by atoms with van der Waals surface area (Å²) in [6.45, 7) is 3.30. The van der Waals surface area contributed by atoms with Crippen LogP contribution in [-0.4, -0.2) is 29.8 Å². The number of hydrogen-bond donors (Lipinski definition) is 1. The average molecular weight is 354 g/mol. The minimum Gasteiger partial charge on any atom is -0.339 e. The third kappa shape index (κ3) is 4.79. The number of amides is 2. The van der Waals surface area contributed by atoms with E-state index in [-0.39, 0.29) is 17.7 Å². The van der Waals surface area contributed by atoms with Crippen molar-refractivity contribution in [2.45, 2.75) is 19.8 Å². The lowest BCUT2D eigenvalue weighted by Gasteiger charge is -2.30. The number of para-hydroxylation sites is 1. The van der Waals surface area contributed by atoms with Gasteiger partial charge in [-0.3, -0.25) is 9.59 Å². The molecule has 0 saturated carbocycles. The van der Waals surface area contributed by atoms with Crippen molar-refractivity contribution >= 4 is 34.9 Å². The highest BCUT2D eigenvalue weighted by Crippen LogP contribution is 2.21. The van der Waals surface area contributed by atoms with E-state index in [0.29, 0.717) is 25.9 Å². The number of carbonyl (C=O) groups excluding carboxylic acids is 2. The Hall–Kier alpha value is -2.40. The number of piperidine rings is 1. The number of nitrogens with one attached hydrogen (secondary N) is 1. The van der Waals surface area contributed by atoms with Gasteiger partial charge in [0, 0.05) is 40.5 Å². The first-order valence-electron chi connectivity index (χ1n) is 8.51. The standard InChI is InChI=1S/C20H22N2O2S/c1-15-7-8-18(25-15)9-10-19(23)22-13-11-16(12-14-22)20(24)21-17-5-3-2-4-6-17/h2-10,16H,11-14H2,1H3,(H,21,24)/b10-9+. The highest BCUT2D eigenvalue weighted by atomic mass is 32.1. The van der Waals surface area contributed by atoms with Gasteiger partial charge >= 0.3 is 0 Å². The van der Waals surface area contributed by atoms with Crippen LogP contribution in [0.2, 0.25) is 0 Å². The quantitative estimate of drug-likeness (QED) is 0.845. The summed E-state index contributed by atoms with van der Waals surface area (Å²) in [6.07, 6.45) is 4.91. The van der Waals surface area contributed by atoms with E-state index in [1.165, 1.54) is 4.88 Å². The summed E-state index contributed by atoms with van der Waals surface area (Å²) in [5.41, 5.74) is 0.820. The molecule has 3 rings (SSSR count). The Bertz CT molecular complexity index is 759. The number of carbonyl (C=O) groups is 2. The largest absolute Gasteiger partial charge is 0.339 e. The summed E-state index contributed by atoms with van der Waals surface area (Å²) in [5.74, 6) is 0.0315. The lowest BCUT2D eigenvalue weighted by atomic mass is 9.95. The highest BCUT2D eigenvalue weighted by molar-refractivity contribution is 7.12. The number of aryl methyl sites for hydroxylation is 1. The molecule has 1 aliphatic heterocycles. The molecule has 5 heteroatoms. The number of nitrogens with zero attached hydrogens (tertiary/aromatic N) is 1. The van der Waals surface area contributed by atoms with Gasteiger partial charge in [0.15, 0.2) is 0 Å². The van der Waals surface area contributed by atoms with Crippen LogP contribution < -0.4 is 5.32 Å². The van der Waals surface area contributed by atoms with Crippen LogP contribution in [0.3, 0.4) is 0 Å². The zero-order chi connectivity index (χ0) is 17.6. The second-order valence-corrected chi connectivity index (χ2v) is 7.56. The van der Waals surface area contributed by atoms with Crippen molar-refractivity contribution in [3.8, 4) is 0 Å². The Kier molecular flexibility index (Phi) is 5.66. The van der Waals surface area contributed by atoms with E-state index in [1.54, 1.807) is 17.4 Å². The predicted octanol–water partition coefficient (Wildman–Crippen LogP) is 3.95. The lowest BCUT2D eigenvalue weighted by Crippen LogP contribution is -2.40. The molecule has 1 aromatic heterocycles. The van der Waals surface area contributed by atoms with Crippen molar-refractivity contribution in [1.29, 1.82) is 0 Å². The number of thiophene rings is 1. The number of anilines is 1. The summed E-state index contributed by atoms with van der Waals surface area (Å²) < 4.78 is 0. The zero-order valence-corrected chi connectivity index (χ0v) is 15.1. The van der Waals surface area contributed by atoms with Crippen LogP contribution in [0.15, 0.2) is 48.5 Å². The van der Waals surface area contributed by atoms with Gasteiger partial charge in [-0.05, 0) is 50.1 Å². The molecule has 1 N–H and O–H groups in total. The van der Waals surface area contributed by atoms with Gasteiger partial charge in [0.1, 0.15) is 0 Å². The maximum atomic E-state index is 12.3. The van der Waals surface area contributed by atoms with Crippen LogP contribution in [0, 0.1) is 12.8 Å². The molecule has 2 amide bonds. The lowest BCUT2D eigenvalue weighted by molar-refractivity contribution is -0.130. The summed E-state index contributed by atoms with van der Waals surface area (Å²) in [6, 6.07) is 13.6. The molecule has 1 fully saturated rings. The summed E-state index contributed by atoms with van der Waals surface area (Å²) >= 11 is 1.67. The van der Waals surface area contributed by atoms with Crippen LogP contribution >= 0.6 is 11.3 Å². The smallest absolute Gasteiger partial charge is 0.246 e. The third-order valence-corrected chi connectivity index (χ3v) is 5.34. The maximum absolute atomic E-state index is 12.3. The van der Waals surface area contributed by atoms with Gasteiger partial charge in [-0.1, -0.05) is 18.2 Å². The molecule has 2 heterocycles. The van der Waals surface area contributed by atoms with E-state index in [1.807, 2.05) is 53.4 Å². The van der Waals surface area contributed by atoms with E-state index in [4.69, 9.17) is 0 Å². The molecule has 4 nitrogen and oxygen atoms in total. The maximum Gasteiger partial charge on any atom is 0.246 e. The van der Waals surface area contributed by atoms with Gasteiger partial charge in [-0.15, -0.1) is 11.3 Å². The Morgan fingerprint density at radius 2 is 1.84 bits per heavy atom. The molecule has 130 valence electrons. The SMILES string of the molecule is Cc1ccc(/C=C/C(=O)N2CCC(C(=O)Nc3ccccc3)CC2)s1. The molecule has 0 radical (unpaired) electrons. The summed E-state index contributed by atoms with van der Waals surface area (Å²) in [7, 11) is 0. The number of benzene rings is 1. The monoisotopic (exact) mass is 354 g/mol. The van der Waals surface area contributed by atoms with Crippen LogP contribution in [0.4, 0.5) is 5.69 Å². The van der Waals surface area contributed by atoms with Crippen molar-refractivity contribution < 1.29 is 9.59 Å². The molecular weight excluding hydrogens is 332 g/mol. The topological polar surface area (TPSA) is 49.4 Å². The van der Waals surface area contributed by atoms with Gasteiger partial charge < -0.3 is 10.2 Å². The number of likely N-dealkylation sites (tertiary alicyclic amines) is 1. The molecule has 1 aromatic carbocycles. The van der Waals surface area contributed by atoms with E-state index in [2.05, 4.69) is 12.2 Å². The fourth-order valence-electron chi connectivity index (χ4n) is 2.93. The molecule has 0 spiro atoms. The van der Waals surface area contributed by atoms with Gasteiger partial charge in [-0.2, -0.15) is 0 Å². The van der Waals surface area contributed by atoms with E-state index < -0.39 is 0 Å². The van der Waals surface area contributed by atoms with Crippen LogP contribution in [0.25, 0.3) is 6.08 Å². The van der Waals surface area contributed by atoms with E-state index in [0.717, 1.165) is 10.6 Å².